The predicted molar refractivity (Wildman–Crippen MR) is 101 cm³/mol. The third-order valence-electron chi connectivity index (χ3n) is 4.69. The molecule has 0 amide bonds. The van der Waals surface area contributed by atoms with Crippen molar-refractivity contribution in [3.63, 3.8) is 0 Å². The van der Waals surface area contributed by atoms with Gasteiger partial charge in [0.25, 0.3) is 0 Å². The van der Waals surface area contributed by atoms with E-state index in [0.717, 1.165) is 19.5 Å². The van der Waals surface area contributed by atoms with E-state index < -0.39 is 10.0 Å². The van der Waals surface area contributed by atoms with E-state index in [2.05, 4.69) is 24.0 Å². The first-order valence-electron chi connectivity index (χ1n) is 8.50. The summed E-state index contributed by atoms with van der Waals surface area (Å²) in [5.41, 5.74) is 1.31. The predicted octanol–water partition coefficient (Wildman–Crippen LogP) is 3.28. The highest BCUT2D eigenvalue weighted by Gasteiger charge is 2.32. The Morgan fingerprint density at radius 1 is 1.08 bits per heavy atom. The molecule has 0 aromatic heterocycles. The Morgan fingerprint density at radius 2 is 1.84 bits per heavy atom. The highest BCUT2D eigenvalue weighted by Crippen LogP contribution is 2.22. The Balaban J connectivity index is 1.63. The zero-order valence-electron chi connectivity index (χ0n) is 14.3. The van der Waals surface area contributed by atoms with Crippen molar-refractivity contribution < 1.29 is 8.42 Å². The Morgan fingerprint density at radius 3 is 2.52 bits per heavy atom. The fourth-order valence-electron chi connectivity index (χ4n) is 3.21. The molecule has 25 heavy (non-hydrogen) atoms. The zero-order chi connectivity index (χ0) is 17.9. The average Bonchev–Trinajstić information content (AvgIpc) is 2.61. The summed E-state index contributed by atoms with van der Waals surface area (Å²) in [5.74, 6) is 0. The van der Waals surface area contributed by atoms with Gasteiger partial charge in [0.05, 0.1) is 4.90 Å². The highest BCUT2D eigenvalue weighted by molar-refractivity contribution is 7.89. The smallest absolute Gasteiger partial charge is 0.243 e. The molecule has 1 atom stereocenters. The summed E-state index contributed by atoms with van der Waals surface area (Å²) in [5, 5.41) is 0.440. The molecule has 2 aromatic rings. The SMILES string of the molecule is CC1CN(S(=O)(=O)c2cccc(Cl)c2)CCN1CCc1ccccc1. The van der Waals surface area contributed by atoms with Crippen LogP contribution in [0, 0.1) is 0 Å². The first kappa shape index (κ1) is 18.4. The molecule has 1 heterocycles. The first-order chi connectivity index (χ1) is 12.0. The van der Waals surface area contributed by atoms with Gasteiger partial charge >= 0.3 is 0 Å². The standard InChI is InChI=1S/C19H23ClN2O2S/c1-16-15-22(25(23,24)19-9-5-8-18(20)14-19)13-12-21(16)11-10-17-6-3-2-4-7-17/h2-9,14,16H,10-13,15H2,1H3. The van der Waals surface area contributed by atoms with Gasteiger partial charge in [-0.1, -0.05) is 48.0 Å². The Bertz CT molecular complexity index is 811. The van der Waals surface area contributed by atoms with Gasteiger partial charge in [0, 0.05) is 37.2 Å². The second-order valence-corrected chi connectivity index (χ2v) is 8.82. The van der Waals surface area contributed by atoms with Crippen molar-refractivity contribution in [3.8, 4) is 0 Å². The second-order valence-electron chi connectivity index (χ2n) is 6.44. The number of benzene rings is 2. The van der Waals surface area contributed by atoms with Gasteiger partial charge < -0.3 is 0 Å². The highest BCUT2D eigenvalue weighted by atomic mass is 35.5. The topological polar surface area (TPSA) is 40.6 Å². The minimum atomic E-state index is -3.49. The van der Waals surface area contributed by atoms with Crippen LogP contribution in [-0.4, -0.2) is 49.8 Å². The average molecular weight is 379 g/mol. The summed E-state index contributed by atoms with van der Waals surface area (Å²) in [7, 11) is -3.49. The van der Waals surface area contributed by atoms with Crippen LogP contribution in [0.25, 0.3) is 0 Å². The summed E-state index contributed by atoms with van der Waals surface area (Å²) in [4.78, 5) is 2.63. The second kappa shape index (κ2) is 7.87. The van der Waals surface area contributed by atoms with Crippen LogP contribution in [0.1, 0.15) is 12.5 Å². The molecule has 1 aliphatic rings. The van der Waals surface area contributed by atoms with Crippen molar-refractivity contribution in [1.82, 2.24) is 9.21 Å². The van der Waals surface area contributed by atoms with Gasteiger partial charge in [-0.2, -0.15) is 4.31 Å². The lowest BCUT2D eigenvalue weighted by Crippen LogP contribution is -2.53. The third-order valence-corrected chi connectivity index (χ3v) is 6.79. The molecule has 0 bridgehead atoms. The van der Waals surface area contributed by atoms with Crippen LogP contribution in [0.5, 0.6) is 0 Å². The number of nitrogens with zero attached hydrogens (tertiary/aromatic N) is 2. The van der Waals surface area contributed by atoms with Crippen molar-refractivity contribution >= 4 is 21.6 Å². The molecule has 0 N–H and O–H groups in total. The fraction of sp³-hybridized carbons (Fsp3) is 0.368. The molecular weight excluding hydrogens is 356 g/mol. The summed E-state index contributed by atoms with van der Waals surface area (Å²) in [6, 6.07) is 17.0. The largest absolute Gasteiger partial charge is 0.298 e. The van der Waals surface area contributed by atoms with Crippen LogP contribution in [0.4, 0.5) is 0 Å². The van der Waals surface area contributed by atoms with E-state index in [0.29, 0.717) is 18.1 Å². The molecular formula is C19H23ClN2O2S. The summed E-state index contributed by atoms with van der Waals surface area (Å²) in [6.45, 7) is 4.78. The summed E-state index contributed by atoms with van der Waals surface area (Å²) >= 11 is 5.95. The van der Waals surface area contributed by atoms with E-state index in [4.69, 9.17) is 11.6 Å². The van der Waals surface area contributed by atoms with E-state index in [1.165, 1.54) is 11.6 Å². The Labute approximate surface area is 155 Å². The van der Waals surface area contributed by atoms with Crippen LogP contribution in [0.2, 0.25) is 5.02 Å². The van der Waals surface area contributed by atoms with Gasteiger partial charge in [-0.25, -0.2) is 8.42 Å². The molecule has 0 spiro atoms. The summed E-state index contributed by atoms with van der Waals surface area (Å²) in [6.07, 6.45) is 0.978. The number of halogens is 1. The molecule has 6 heteroatoms. The Kier molecular flexibility index (Phi) is 5.79. The molecule has 1 fully saturated rings. The maximum absolute atomic E-state index is 12.8. The van der Waals surface area contributed by atoms with Gasteiger partial charge in [0.1, 0.15) is 0 Å². The lowest BCUT2D eigenvalue weighted by Gasteiger charge is -2.39. The van der Waals surface area contributed by atoms with E-state index in [9.17, 15) is 8.42 Å². The van der Waals surface area contributed by atoms with E-state index in [-0.39, 0.29) is 10.9 Å². The van der Waals surface area contributed by atoms with Gasteiger partial charge in [-0.3, -0.25) is 4.90 Å². The molecule has 1 unspecified atom stereocenters. The molecule has 2 aromatic carbocycles. The lowest BCUT2D eigenvalue weighted by atomic mass is 10.1. The molecule has 4 nitrogen and oxygen atoms in total. The minimum absolute atomic E-state index is 0.187. The molecule has 134 valence electrons. The van der Waals surface area contributed by atoms with E-state index in [1.807, 2.05) is 18.2 Å². The fourth-order valence-corrected chi connectivity index (χ4v) is 5.02. The van der Waals surface area contributed by atoms with Crippen LogP contribution >= 0.6 is 11.6 Å². The summed E-state index contributed by atoms with van der Waals surface area (Å²) < 4.78 is 27.2. The van der Waals surface area contributed by atoms with Crippen LogP contribution in [0.15, 0.2) is 59.5 Å². The molecule has 3 rings (SSSR count). The molecule has 1 saturated heterocycles. The zero-order valence-corrected chi connectivity index (χ0v) is 15.9. The van der Waals surface area contributed by atoms with Crippen molar-refractivity contribution in [2.24, 2.45) is 0 Å². The maximum Gasteiger partial charge on any atom is 0.243 e. The molecule has 0 saturated carbocycles. The molecule has 1 aliphatic heterocycles. The number of rotatable bonds is 5. The normalized spacial score (nSPS) is 19.8. The van der Waals surface area contributed by atoms with E-state index >= 15 is 0 Å². The Hall–Kier alpha value is -1.40. The van der Waals surface area contributed by atoms with Gasteiger partial charge in [0.2, 0.25) is 10.0 Å². The van der Waals surface area contributed by atoms with E-state index in [1.54, 1.807) is 22.5 Å². The molecule has 0 radical (unpaired) electrons. The monoisotopic (exact) mass is 378 g/mol. The number of hydrogen-bond donors (Lipinski definition) is 0. The van der Waals surface area contributed by atoms with Crippen molar-refractivity contribution in [1.29, 1.82) is 0 Å². The van der Waals surface area contributed by atoms with Crippen LogP contribution in [0.3, 0.4) is 0 Å². The van der Waals surface area contributed by atoms with Crippen molar-refractivity contribution in [2.75, 3.05) is 26.2 Å². The lowest BCUT2D eigenvalue weighted by molar-refractivity contribution is 0.130. The maximum atomic E-state index is 12.8. The van der Waals surface area contributed by atoms with Gasteiger partial charge in [0.15, 0.2) is 0 Å². The minimum Gasteiger partial charge on any atom is -0.298 e. The third kappa shape index (κ3) is 4.42. The van der Waals surface area contributed by atoms with Crippen LogP contribution in [-0.2, 0) is 16.4 Å². The van der Waals surface area contributed by atoms with Gasteiger partial charge in [-0.05, 0) is 37.1 Å². The molecule has 0 aliphatic carbocycles. The number of hydrogen-bond acceptors (Lipinski definition) is 3. The van der Waals surface area contributed by atoms with Crippen molar-refractivity contribution in [2.45, 2.75) is 24.3 Å². The van der Waals surface area contributed by atoms with Crippen LogP contribution < -0.4 is 0 Å². The quantitative estimate of drug-likeness (QED) is 0.801. The van der Waals surface area contributed by atoms with Crippen molar-refractivity contribution in [3.05, 3.63) is 65.2 Å². The number of piperazine rings is 1. The first-order valence-corrected chi connectivity index (χ1v) is 10.3. The number of sulfonamides is 1. The van der Waals surface area contributed by atoms with Gasteiger partial charge in [-0.15, -0.1) is 0 Å².